The standard InChI is InChI=1S/C16H10Cl3N3O2/c17-10-2-4-12(19)14(6-10)22-16(24)7-15(21-22)20-13-5-9(8-23)1-3-11(13)18/h1-6,8H,7H2,(H,20,21). The first-order chi connectivity index (χ1) is 11.5. The molecule has 1 saturated heterocycles. The van der Waals surface area contributed by atoms with Crippen molar-refractivity contribution in [1.82, 2.24) is 5.43 Å². The van der Waals surface area contributed by atoms with E-state index in [0.29, 0.717) is 44.1 Å². The summed E-state index contributed by atoms with van der Waals surface area (Å²) < 4.78 is 0. The van der Waals surface area contributed by atoms with E-state index in [9.17, 15) is 9.59 Å². The predicted molar refractivity (Wildman–Crippen MR) is 95.6 cm³/mol. The highest BCUT2D eigenvalue weighted by Crippen LogP contribution is 2.31. The normalized spacial score (nSPS) is 15.7. The zero-order chi connectivity index (χ0) is 17.3. The first-order valence-corrected chi connectivity index (χ1v) is 7.98. The van der Waals surface area contributed by atoms with Crippen molar-refractivity contribution in [1.29, 1.82) is 0 Å². The minimum absolute atomic E-state index is 0.0461. The molecule has 1 fully saturated rings. The van der Waals surface area contributed by atoms with E-state index in [1.807, 2.05) is 0 Å². The molecule has 2 aromatic rings. The van der Waals surface area contributed by atoms with Crippen molar-refractivity contribution >= 4 is 64.2 Å². The van der Waals surface area contributed by atoms with Gasteiger partial charge in [0.15, 0.2) is 0 Å². The van der Waals surface area contributed by atoms with Crippen LogP contribution in [0, 0.1) is 0 Å². The number of hydrazine groups is 1. The van der Waals surface area contributed by atoms with E-state index in [0.717, 1.165) is 0 Å². The second kappa shape index (κ2) is 6.81. The maximum Gasteiger partial charge on any atom is 0.253 e. The van der Waals surface area contributed by atoms with Crippen LogP contribution in [0.25, 0.3) is 0 Å². The molecule has 0 aromatic heterocycles. The topological polar surface area (TPSA) is 61.8 Å². The third-order valence-corrected chi connectivity index (χ3v) is 4.19. The van der Waals surface area contributed by atoms with Gasteiger partial charge in [0, 0.05) is 10.6 Å². The lowest BCUT2D eigenvalue weighted by Gasteiger charge is -2.17. The Bertz CT molecular complexity index is 868. The van der Waals surface area contributed by atoms with Gasteiger partial charge in [0.1, 0.15) is 12.1 Å². The van der Waals surface area contributed by atoms with Gasteiger partial charge in [0.05, 0.1) is 27.8 Å². The van der Waals surface area contributed by atoms with Crippen LogP contribution in [-0.2, 0) is 4.79 Å². The SMILES string of the molecule is O=Cc1ccc(Cl)c(N=C2CC(=O)N(c3cc(Cl)ccc3Cl)N2)c1. The summed E-state index contributed by atoms with van der Waals surface area (Å²) in [5, 5.41) is 2.49. The number of halogens is 3. The van der Waals surface area contributed by atoms with Crippen LogP contribution in [-0.4, -0.2) is 18.0 Å². The maximum atomic E-state index is 12.2. The Hall–Kier alpha value is -2.08. The number of aliphatic imine (C=N–C) groups is 1. The smallest absolute Gasteiger partial charge is 0.253 e. The fraction of sp³-hybridized carbons (Fsp3) is 0.0625. The molecule has 8 heteroatoms. The molecule has 1 aliphatic heterocycles. The lowest BCUT2D eigenvalue weighted by atomic mass is 10.2. The molecule has 0 unspecified atom stereocenters. The molecule has 0 radical (unpaired) electrons. The number of amides is 1. The molecule has 0 atom stereocenters. The summed E-state index contributed by atoms with van der Waals surface area (Å²) >= 11 is 18.2. The van der Waals surface area contributed by atoms with Crippen molar-refractivity contribution in [2.45, 2.75) is 6.42 Å². The Balaban J connectivity index is 1.92. The summed E-state index contributed by atoms with van der Waals surface area (Å²) in [5.41, 5.74) is 4.16. The number of nitrogens with one attached hydrogen (secondary N) is 1. The Morgan fingerprint density at radius 1 is 1.08 bits per heavy atom. The molecular weight excluding hydrogens is 373 g/mol. The van der Waals surface area contributed by atoms with Gasteiger partial charge in [-0.1, -0.05) is 40.9 Å². The highest BCUT2D eigenvalue weighted by atomic mass is 35.5. The molecule has 0 aliphatic carbocycles. The number of rotatable bonds is 3. The van der Waals surface area contributed by atoms with Crippen molar-refractivity contribution in [3.05, 3.63) is 57.0 Å². The minimum Gasteiger partial charge on any atom is -0.298 e. The average Bonchev–Trinajstić information content (AvgIpc) is 2.92. The van der Waals surface area contributed by atoms with Crippen molar-refractivity contribution < 1.29 is 9.59 Å². The van der Waals surface area contributed by atoms with E-state index in [4.69, 9.17) is 34.8 Å². The van der Waals surface area contributed by atoms with Gasteiger partial charge < -0.3 is 0 Å². The number of hydrogen-bond donors (Lipinski definition) is 1. The van der Waals surface area contributed by atoms with E-state index < -0.39 is 0 Å². The summed E-state index contributed by atoms with van der Waals surface area (Å²) in [4.78, 5) is 27.4. The molecule has 1 amide bonds. The second-order valence-electron chi connectivity index (χ2n) is 5.00. The quantitative estimate of drug-likeness (QED) is 0.799. The van der Waals surface area contributed by atoms with Crippen LogP contribution in [0.15, 0.2) is 41.4 Å². The molecule has 122 valence electrons. The van der Waals surface area contributed by atoms with E-state index in [-0.39, 0.29) is 12.3 Å². The molecule has 24 heavy (non-hydrogen) atoms. The van der Waals surface area contributed by atoms with Crippen LogP contribution in [0.3, 0.4) is 0 Å². The highest BCUT2D eigenvalue weighted by molar-refractivity contribution is 6.36. The average molecular weight is 383 g/mol. The van der Waals surface area contributed by atoms with Gasteiger partial charge in [0.25, 0.3) is 5.91 Å². The van der Waals surface area contributed by atoms with E-state index in [1.54, 1.807) is 36.4 Å². The van der Waals surface area contributed by atoms with E-state index in [2.05, 4.69) is 10.4 Å². The summed E-state index contributed by atoms with van der Waals surface area (Å²) in [6.45, 7) is 0. The van der Waals surface area contributed by atoms with Gasteiger partial charge in [-0.2, -0.15) is 0 Å². The number of hydrogen-bond acceptors (Lipinski definition) is 3. The van der Waals surface area contributed by atoms with Gasteiger partial charge in [0.2, 0.25) is 0 Å². The van der Waals surface area contributed by atoms with E-state index >= 15 is 0 Å². The zero-order valence-corrected chi connectivity index (χ0v) is 14.4. The van der Waals surface area contributed by atoms with Gasteiger partial charge >= 0.3 is 0 Å². The number of benzene rings is 2. The Kier molecular flexibility index (Phi) is 4.76. The fourth-order valence-corrected chi connectivity index (χ4v) is 2.73. The summed E-state index contributed by atoms with van der Waals surface area (Å²) in [6, 6.07) is 9.53. The minimum atomic E-state index is -0.236. The molecular formula is C16H10Cl3N3O2. The molecule has 1 N–H and O–H groups in total. The van der Waals surface area contributed by atoms with Crippen molar-refractivity contribution in [2.75, 3.05) is 5.01 Å². The third-order valence-electron chi connectivity index (χ3n) is 3.32. The predicted octanol–water partition coefficient (Wildman–Crippen LogP) is 4.43. The largest absolute Gasteiger partial charge is 0.298 e. The molecule has 1 aliphatic rings. The maximum absolute atomic E-state index is 12.2. The Morgan fingerprint density at radius 2 is 1.83 bits per heavy atom. The highest BCUT2D eigenvalue weighted by Gasteiger charge is 2.28. The Morgan fingerprint density at radius 3 is 2.58 bits per heavy atom. The lowest BCUT2D eigenvalue weighted by molar-refractivity contribution is -0.116. The summed E-state index contributed by atoms with van der Waals surface area (Å²) in [6.07, 6.45) is 0.746. The number of amidine groups is 1. The van der Waals surface area contributed by atoms with Crippen molar-refractivity contribution in [3.8, 4) is 0 Å². The summed E-state index contributed by atoms with van der Waals surface area (Å²) in [5.74, 6) is 0.154. The Labute approximate surface area is 152 Å². The third kappa shape index (κ3) is 3.38. The van der Waals surface area contributed by atoms with Crippen LogP contribution in [0.2, 0.25) is 15.1 Å². The molecule has 0 saturated carbocycles. The van der Waals surface area contributed by atoms with Crippen LogP contribution < -0.4 is 10.4 Å². The van der Waals surface area contributed by atoms with E-state index in [1.165, 1.54) is 5.01 Å². The molecule has 0 bridgehead atoms. The van der Waals surface area contributed by atoms with Crippen molar-refractivity contribution in [3.63, 3.8) is 0 Å². The van der Waals surface area contributed by atoms with Gasteiger partial charge in [-0.25, -0.2) is 10.0 Å². The first-order valence-electron chi connectivity index (χ1n) is 6.85. The number of carbonyl (C=O) groups excluding carboxylic acids is 2. The number of carbonyl (C=O) groups is 2. The lowest BCUT2D eigenvalue weighted by Crippen LogP contribution is -2.36. The van der Waals surface area contributed by atoms with Gasteiger partial charge in [-0.15, -0.1) is 0 Å². The number of anilines is 1. The van der Waals surface area contributed by atoms with Crippen LogP contribution in [0.5, 0.6) is 0 Å². The molecule has 1 heterocycles. The van der Waals surface area contributed by atoms with Crippen LogP contribution in [0.4, 0.5) is 11.4 Å². The van der Waals surface area contributed by atoms with Gasteiger partial charge in [-0.3, -0.25) is 15.0 Å². The molecule has 2 aromatic carbocycles. The summed E-state index contributed by atoms with van der Waals surface area (Å²) in [7, 11) is 0. The van der Waals surface area contributed by atoms with Crippen molar-refractivity contribution in [2.24, 2.45) is 4.99 Å². The molecule has 0 spiro atoms. The fourth-order valence-electron chi connectivity index (χ4n) is 2.20. The van der Waals surface area contributed by atoms with Crippen LogP contribution >= 0.6 is 34.8 Å². The molecule has 3 rings (SSSR count). The number of aldehydes is 1. The zero-order valence-electron chi connectivity index (χ0n) is 12.1. The molecule has 5 nitrogen and oxygen atoms in total. The first kappa shape index (κ1) is 16.8. The monoisotopic (exact) mass is 381 g/mol. The van der Waals surface area contributed by atoms with Gasteiger partial charge in [-0.05, 0) is 30.3 Å². The second-order valence-corrected chi connectivity index (χ2v) is 6.25. The van der Waals surface area contributed by atoms with Crippen LogP contribution in [0.1, 0.15) is 16.8 Å². The number of nitrogens with zero attached hydrogens (tertiary/aromatic N) is 2.